The summed E-state index contributed by atoms with van der Waals surface area (Å²) in [5, 5.41) is 0. The molecule has 2 rings (SSSR count). The second-order valence-electron chi connectivity index (χ2n) is 5.09. The fourth-order valence-corrected chi connectivity index (χ4v) is 3.58. The third kappa shape index (κ3) is 3.07. The first kappa shape index (κ1) is 14.7. The molecule has 1 aliphatic heterocycles. The Bertz CT molecular complexity index is 422. The van der Waals surface area contributed by atoms with Crippen LogP contribution in [0.15, 0.2) is 23.1 Å². The highest BCUT2D eigenvalue weighted by atomic mass is 32.2. The van der Waals surface area contributed by atoms with Crippen molar-refractivity contribution in [2.75, 3.05) is 37.3 Å². The molecule has 1 saturated heterocycles. The van der Waals surface area contributed by atoms with Crippen LogP contribution >= 0.6 is 11.8 Å². The molecule has 19 heavy (non-hydrogen) atoms. The van der Waals surface area contributed by atoms with Crippen LogP contribution in [0.3, 0.4) is 0 Å². The Balaban J connectivity index is 2.23. The topological polar surface area (TPSA) is 32.5 Å². The maximum Gasteiger partial charge on any atom is 0.0424 e. The van der Waals surface area contributed by atoms with Crippen LogP contribution in [0.25, 0.3) is 0 Å². The Hall–Kier alpha value is -0.710. The van der Waals surface area contributed by atoms with Crippen LogP contribution in [0.1, 0.15) is 19.4 Å². The summed E-state index contributed by atoms with van der Waals surface area (Å²) >= 11 is 1.79. The molecule has 3 nitrogen and oxygen atoms in total. The highest BCUT2D eigenvalue weighted by Gasteiger charge is 2.24. The number of hydrogen-bond donors (Lipinski definition) is 1. The van der Waals surface area contributed by atoms with Crippen molar-refractivity contribution in [3.8, 4) is 0 Å². The van der Waals surface area contributed by atoms with Gasteiger partial charge in [0.2, 0.25) is 0 Å². The lowest BCUT2D eigenvalue weighted by Gasteiger charge is -2.41. The number of anilines is 1. The molecule has 1 heterocycles. The minimum absolute atomic E-state index is 0.613. The summed E-state index contributed by atoms with van der Waals surface area (Å²) in [6, 6.07) is 7.15. The van der Waals surface area contributed by atoms with Crippen LogP contribution in [-0.4, -0.2) is 43.4 Å². The molecule has 2 N–H and O–H groups in total. The fourth-order valence-electron chi connectivity index (χ4n) is 2.93. The van der Waals surface area contributed by atoms with Crippen molar-refractivity contribution in [1.82, 2.24) is 4.90 Å². The zero-order valence-electron chi connectivity index (χ0n) is 12.2. The summed E-state index contributed by atoms with van der Waals surface area (Å²) in [4.78, 5) is 6.35. The Morgan fingerprint density at radius 3 is 2.74 bits per heavy atom. The summed E-state index contributed by atoms with van der Waals surface area (Å²) in [5.74, 6) is 0. The average molecular weight is 279 g/mol. The molecule has 106 valence electrons. The number of nitrogens with two attached hydrogens (primary N) is 1. The first-order chi connectivity index (χ1) is 9.21. The van der Waals surface area contributed by atoms with E-state index in [4.69, 9.17) is 5.73 Å². The number of rotatable bonds is 4. The molecule has 4 heteroatoms. The van der Waals surface area contributed by atoms with Crippen molar-refractivity contribution in [2.45, 2.75) is 31.3 Å². The molecule has 0 saturated carbocycles. The van der Waals surface area contributed by atoms with E-state index in [-0.39, 0.29) is 0 Å². The van der Waals surface area contributed by atoms with Gasteiger partial charge < -0.3 is 10.6 Å². The van der Waals surface area contributed by atoms with E-state index in [1.54, 1.807) is 11.8 Å². The maximum atomic E-state index is 5.97. The Morgan fingerprint density at radius 2 is 2.16 bits per heavy atom. The van der Waals surface area contributed by atoms with Crippen molar-refractivity contribution in [3.63, 3.8) is 0 Å². The fraction of sp³-hybridized carbons (Fsp3) is 0.600. The maximum absolute atomic E-state index is 5.97. The lowest BCUT2D eigenvalue weighted by atomic mass is 10.1. The van der Waals surface area contributed by atoms with Crippen LogP contribution in [-0.2, 0) is 6.54 Å². The van der Waals surface area contributed by atoms with Crippen LogP contribution in [0, 0.1) is 0 Å². The SMILES string of the molecule is CCN1CCN(c2cccc(SC)c2CN)CC1C. The molecule has 0 spiro atoms. The van der Waals surface area contributed by atoms with Gasteiger partial charge in [-0.25, -0.2) is 0 Å². The van der Waals surface area contributed by atoms with Crippen LogP contribution < -0.4 is 10.6 Å². The second kappa shape index (κ2) is 6.64. The molecular formula is C15H25N3S. The van der Waals surface area contributed by atoms with Crippen LogP contribution in [0.4, 0.5) is 5.69 Å². The molecule has 1 aromatic rings. The minimum Gasteiger partial charge on any atom is -0.368 e. The zero-order valence-corrected chi connectivity index (χ0v) is 13.0. The van der Waals surface area contributed by atoms with Gasteiger partial charge in [0, 0.05) is 48.4 Å². The van der Waals surface area contributed by atoms with E-state index in [1.165, 1.54) is 16.1 Å². The van der Waals surface area contributed by atoms with E-state index in [9.17, 15) is 0 Å². The predicted molar refractivity (Wildman–Crippen MR) is 85.0 cm³/mol. The normalized spacial score (nSPS) is 20.8. The summed E-state index contributed by atoms with van der Waals surface area (Å²) in [6.07, 6.45) is 2.12. The Morgan fingerprint density at radius 1 is 1.37 bits per heavy atom. The van der Waals surface area contributed by atoms with Gasteiger partial charge in [-0.05, 0) is 31.9 Å². The van der Waals surface area contributed by atoms with E-state index < -0.39 is 0 Å². The van der Waals surface area contributed by atoms with E-state index in [2.05, 4.69) is 48.1 Å². The first-order valence-corrected chi connectivity index (χ1v) is 8.28. The Labute approximate surface area is 121 Å². The van der Waals surface area contributed by atoms with Crippen LogP contribution in [0.5, 0.6) is 0 Å². The van der Waals surface area contributed by atoms with E-state index >= 15 is 0 Å². The zero-order chi connectivity index (χ0) is 13.8. The highest BCUT2D eigenvalue weighted by Crippen LogP contribution is 2.30. The monoisotopic (exact) mass is 279 g/mol. The number of nitrogens with zero attached hydrogens (tertiary/aromatic N) is 2. The average Bonchev–Trinajstić information content (AvgIpc) is 2.46. The quantitative estimate of drug-likeness (QED) is 0.858. The standard InChI is InChI=1S/C15H25N3S/c1-4-17-8-9-18(11-12(17)2)14-6-5-7-15(19-3)13(14)10-16/h5-7,12H,4,8-11,16H2,1-3H3. The largest absolute Gasteiger partial charge is 0.368 e. The van der Waals surface area contributed by atoms with Gasteiger partial charge in [0.1, 0.15) is 0 Å². The van der Waals surface area contributed by atoms with E-state index in [1.807, 2.05) is 0 Å². The van der Waals surface area contributed by atoms with Crippen molar-refractivity contribution in [1.29, 1.82) is 0 Å². The molecular weight excluding hydrogens is 254 g/mol. The second-order valence-corrected chi connectivity index (χ2v) is 5.93. The van der Waals surface area contributed by atoms with Gasteiger partial charge in [-0.15, -0.1) is 11.8 Å². The molecule has 1 aromatic carbocycles. The third-order valence-electron chi connectivity index (χ3n) is 4.04. The lowest BCUT2D eigenvalue weighted by Crippen LogP contribution is -2.52. The highest BCUT2D eigenvalue weighted by molar-refractivity contribution is 7.98. The number of hydrogen-bond acceptors (Lipinski definition) is 4. The number of likely N-dealkylation sites (N-methyl/N-ethyl adjacent to an activating group) is 1. The third-order valence-corrected chi connectivity index (χ3v) is 4.87. The van der Waals surface area contributed by atoms with Crippen LogP contribution in [0.2, 0.25) is 0 Å². The predicted octanol–water partition coefficient (Wildman–Crippen LogP) is 2.40. The number of piperazine rings is 1. The molecule has 1 atom stereocenters. The van der Waals surface area contributed by atoms with Gasteiger partial charge in [-0.2, -0.15) is 0 Å². The van der Waals surface area contributed by atoms with Crippen molar-refractivity contribution >= 4 is 17.4 Å². The van der Waals surface area contributed by atoms with Gasteiger partial charge in [0.05, 0.1) is 0 Å². The van der Waals surface area contributed by atoms with Gasteiger partial charge in [-0.3, -0.25) is 4.90 Å². The molecule has 1 aliphatic rings. The molecule has 0 bridgehead atoms. The number of benzene rings is 1. The molecule has 1 unspecified atom stereocenters. The van der Waals surface area contributed by atoms with Gasteiger partial charge in [0.25, 0.3) is 0 Å². The summed E-state index contributed by atoms with van der Waals surface area (Å²) < 4.78 is 0. The molecule has 1 fully saturated rings. The van der Waals surface area contributed by atoms with Crippen molar-refractivity contribution < 1.29 is 0 Å². The molecule has 0 aromatic heterocycles. The Kier molecular flexibility index (Phi) is 5.13. The number of thioether (sulfide) groups is 1. The van der Waals surface area contributed by atoms with Gasteiger partial charge >= 0.3 is 0 Å². The molecule has 0 radical (unpaired) electrons. The minimum atomic E-state index is 0.613. The van der Waals surface area contributed by atoms with Crippen molar-refractivity contribution in [3.05, 3.63) is 23.8 Å². The van der Waals surface area contributed by atoms with E-state index in [0.717, 1.165) is 26.2 Å². The smallest absolute Gasteiger partial charge is 0.0424 e. The van der Waals surface area contributed by atoms with Gasteiger partial charge in [-0.1, -0.05) is 13.0 Å². The summed E-state index contributed by atoms with van der Waals surface area (Å²) in [7, 11) is 0. The summed E-state index contributed by atoms with van der Waals surface area (Å²) in [6.45, 7) is 9.66. The van der Waals surface area contributed by atoms with E-state index in [0.29, 0.717) is 12.6 Å². The summed E-state index contributed by atoms with van der Waals surface area (Å²) in [5.41, 5.74) is 8.60. The lowest BCUT2D eigenvalue weighted by molar-refractivity contribution is 0.199. The van der Waals surface area contributed by atoms with Gasteiger partial charge in [0.15, 0.2) is 0 Å². The molecule has 0 amide bonds. The molecule has 0 aliphatic carbocycles. The van der Waals surface area contributed by atoms with Crippen molar-refractivity contribution in [2.24, 2.45) is 5.73 Å². The first-order valence-electron chi connectivity index (χ1n) is 7.06.